The number of carboxylic acid groups (broad SMARTS) is 1. The number of aliphatic carboxylic acids is 1. The van der Waals surface area contributed by atoms with Gasteiger partial charge >= 0.3 is 5.97 Å². The van der Waals surface area contributed by atoms with E-state index in [-0.39, 0.29) is 12.3 Å². The van der Waals surface area contributed by atoms with Crippen LogP contribution in [0.4, 0.5) is 0 Å². The van der Waals surface area contributed by atoms with Gasteiger partial charge in [0.05, 0.1) is 12.3 Å². The van der Waals surface area contributed by atoms with E-state index in [1.54, 1.807) is 18.3 Å². The normalized spacial score (nSPS) is 14.5. The van der Waals surface area contributed by atoms with Crippen molar-refractivity contribution in [2.75, 3.05) is 0 Å². The molecule has 0 saturated heterocycles. The third-order valence-electron chi connectivity index (χ3n) is 6.57. The summed E-state index contributed by atoms with van der Waals surface area (Å²) in [6.45, 7) is 4.18. The summed E-state index contributed by atoms with van der Waals surface area (Å²) in [6, 6.07) is 19.2. The molecule has 2 aromatic carbocycles. The number of hydrogen-bond donors (Lipinski definition) is 1. The fraction of sp³-hybridized carbons (Fsp3) is 0.367. The number of carbonyl (C=O) groups is 1. The van der Waals surface area contributed by atoms with Gasteiger partial charge in [0.15, 0.2) is 0 Å². The fourth-order valence-electron chi connectivity index (χ4n) is 4.82. The van der Waals surface area contributed by atoms with Crippen LogP contribution in [0.2, 0.25) is 0 Å². The molecule has 1 fully saturated rings. The van der Waals surface area contributed by atoms with Gasteiger partial charge in [-0.1, -0.05) is 55.2 Å². The molecule has 0 aliphatic heterocycles. The van der Waals surface area contributed by atoms with Crippen molar-refractivity contribution in [1.82, 2.24) is 4.90 Å². The molecular weight excluding hydrogens is 454 g/mol. The van der Waals surface area contributed by atoms with E-state index in [9.17, 15) is 4.79 Å². The van der Waals surface area contributed by atoms with Gasteiger partial charge in [0.25, 0.3) is 0 Å². The first-order valence-corrected chi connectivity index (χ1v) is 13.2. The lowest BCUT2D eigenvalue weighted by molar-refractivity contribution is -0.137. The van der Waals surface area contributed by atoms with E-state index >= 15 is 0 Å². The number of hydrogen-bond acceptors (Lipinski definition) is 4. The Morgan fingerprint density at radius 3 is 2.51 bits per heavy atom. The lowest BCUT2D eigenvalue weighted by atomic mass is 9.96. The summed E-state index contributed by atoms with van der Waals surface area (Å²) in [7, 11) is 0. The first kappa shape index (κ1) is 25.0. The van der Waals surface area contributed by atoms with E-state index in [1.165, 1.54) is 36.8 Å². The Balaban J connectivity index is 1.38. The van der Waals surface area contributed by atoms with Gasteiger partial charge < -0.3 is 9.84 Å². The highest BCUT2D eigenvalue weighted by atomic mass is 32.1. The molecule has 1 aliphatic carbocycles. The fourth-order valence-corrected chi connectivity index (χ4v) is 5.48. The van der Waals surface area contributed by atoms with Crippen LogP contribution < -0.4 is 4.74 Å². The number of carboxylic acids is 1. The van der Waals surface area contributed by atoms with E-state index < -0.39 is 5.97 Å². The summed E-state index contributed by atoms with van der Waals surface area (Å²) in [5, 5.41) is 13.6. The molecular formula is C30H33NO3S. The van der Waals surface area contributed by atoms with Crippen molar-refractivity contribution in [3.8, 4) is 17.6 Å². The summed E-state index contributed by atoms with van der Waals surface area (Å²) in [5.74, 6) is 5.44. The van der Waals surface area contributed by atoms with E-state index in [4.69, 9.17) is 9.84 Å². The maximum Gasteiger partial charge on any atom is 0.304 e. The van der Waals surface area contributed by atoms with Crippen LogP contribution >= 0.6 is 11.3 Å². The Labute approximate surface area is 212 Å². The summed E-state index contributed by atoms with van der Waals surface area (Å²) in [5.41, 5.74) is 4.77. The minimum atomic E-state index is -0.847. The van der Waals surface area contributed by atoms with Crippen LogP contribution in [0.5, 0.6) is 5.75 Å². The average molecular weight is 488 g/mol. The molecule has 0 amide bonds. The molecule has 0 radical (unpaired) electrons. The second-order valence-electron chi connectivity index (χ2n) is 9.20. The summed E-state index contributed by atoms with van der Waals surface area (Å²) in [4.78, 5) is 13.8. The zero-order valence-electron chi connectivity index (χ0n) is 20.3. The van der Waals surface area contributed by atoms with Crippen LogP contribution in [0, 0.1) is 11.8 Å². The predicted molar refractivity (Wildman–Crippen MR) is 141 cm³/mol. The Kier molecular flexibility index (Phi) is 9.00. The van der Waals surface area contributed by atoms with Crippen molar-refractivity contribution in [3.63, 3.8) is 0 Å². The third kappa shape index (κ3) is 7.45. The van der Waals surface area contributed by atoms with Crippen molar-refractivity contribution < 1.29 is 14.6 Å². The predicted octanol–water partition coefficient (Wildman–Crippen LogP) is 6.85. The monoisotopic (exact) mass is 487 g/mol. The molecule has 0 spiro atoms. The Morgan fingerprint density at radius 1 is 1.09 bits per heavy atom. The third-order valence-corrected chi connectivity index (χ3v) is 7.30. The van der Waals surface area contributed by atoms with Crippen LogP contribution in [0.15, 0.2) is 65.4 Å². The average Bonchev–Trinajstić information content (AvgIpc) is 3.57. The smallest absolute Gasteiger partial charge is 0.304 e. The van der Waals surface area contributed by atoms with Gasteiger partial charge in [-0.05, 0) is 71.0 Å². The maximum absolute atomic E-state index is 11.1. The minimum Gasteiger partial charge on any atom is -0.489 e. The van der Waals surface area contributed by atoms with Crippen LogP contribution in [-0.4, -0.2) is 22.0 Å². The van der Waals surface area contributed by atoms with E-state index in [2.05, 4.69) is 57.8 Å². The first-order valence-electron chi connectivity index (χ1n) is 12.3. The quantitative estimate of drug-likeness (QED) is 0.300. The van der Waals surface area contributed by atoms with Crippen molar-refractivity contribution in [2.45, 2.75) is 70.7 Å². The lowest BCUT2D eigenvalue weighted by Gasteiger charge is -2.29. The number of benzene rings is 2. The molecule has 0 bridgehead atoms. The molecule has 0 unspecified atom stereocenters. The Bertz CT molecular complexity index is 1140. The molecule has 1 N–H and O–H groups in total. The highest BCUT2D eigenvalue weighted by molar-refractivity contribution is 7.07. The summed E-state index contributed by atoms with van der Waals surface area (Å²) in [6.07, 6.45) is 5.25. The van der Waals surface area contributed by atoms with E-state index in [0.29, 0.717) is 12.6 Å². The Hall–Kier alpha value is -3.07. The number of thiophene rings is 1. The molecule has 4 rings (SSSR count). The molecule has 5 heteroatoms. The van der Waals surface area contributed by atoms with Gasteiger partial charge in [0.2, 0.25) is 0 Å². The standard InChI is InChI=1S/C30H33NO3S/c1-2-6-27(18-30(32)33)26-11-13-29(14-12-26)34-21-24-8-5-7-23(17-24)19-31(28-9-3-4-10-28)20-25-15-16-35-22-25/h5,7-8,11-17,22,27-28H,3-4,9-10,18-21H2,1H3,(H,32,33)/t27-/m0/s1. The molecule has 182 valence electrons. The second-order valence-corrected chi connectivity index (χ2v) is 9.98. The summed E-state index contributed by atoms with van der Waals surface area (Å²) < 4.78 is 6.05. The molecule has 4 nitrogen and oxygen atoms in total. The Morgan fingerprint density at radius 2 is 1.83 bits per heavy atom. The zero-order chi connectivity index (χ0) is 24.5. The molecule has 1 aliphatic rings. The molecule has 1 saturated carbocycles. The van der Waals surface area contributed by atoms with Crippen LogP contribution in [0.25, 0.3) is 0 Å². The van der Waals surface area contributed by atoms with Crippen molar-refractivity contribution in [3.05, 3.63) is 87.6 Å². The first-order chi connectivity index (χ1) is 17.1. The minimum absolute atomic E-state index is 0.00186. The van der Waals surface area contributed by atoms with Crippen LogP contribution in [0.1, 0.15) is 67.2 Å². The van der Waals surface area contributed by atoms with Gasteiger partial charge in [-0.3, -0.25) is 9.69 Å². The van der Waals surface area contributed by atoms with Crippen molar-refractivity contribution >= 4 is 17.3 Å². The van der Waals surface area contributed by atoms with E-state index in [1.807, 2.05) is 24.3 Å². The van der Waals surface area contributed by atoms with Gasteiger partial charge in [-0.2, -0.15) is 11.3 Å². The molecule has 1 atom stereocenters. The molecule has 3 aromatic rings. The number of ether oxygens (including phenoxy) is 1. The van der Waals surface area contributed by atoms with Gasteiger partial charge in [-0.25, -0.2) is 0 Å². The SMILES string of the molecule is CC#C[C@@H](CC(=O)O)c1ccc(OCc2cccc(CN(Cc3ccsc3)C3CCCC3)c2)cc1. The molecule has 35 heavy (non-hydrogen) atoms. The van der Waals surface area contributed by atoms with Crippen molar-refractivity contribution in [1.29, 1.82) is 0 Å². The van der Waals surface area contributed by atoms with Gasteiger partial charge in [-0.15, -0.1) is 5.92 Å². The topological polar surface area (TPSA) is 49.8 Å². The van der Waals surface area contributed by atoms with E-state index in [0.717, 1.165) is 30.0 Å². The maximum atomic E-state index is 11.1. The highest BCUT2D eigenvalue weighted by Crippen LogP contribution is 2.27. The number of nitrogens with zero attached hydrogens (tertiary/aromatic N) is 1. The van der Waals surface area contributed by atoms with Gasteiger partial charge in [0.1, 0.15) is 12.4 Å². The van der Waals surface area contributed by atoms with Crippen molar-refractivity contribution in [2.24, 2.45) is 0 Å². The highest BCUT2D eigenvalue weighted by Gasteiger charge is 2.23. The molecule has 1 aromatic heterocycles. The molecule has 1 heterocycles. The number of rotatable bonds is 11. The van der Waals surface area contributed by atoms with Gasteiger partial charge in [0, 0.05) is 19.1 Å². The summed E-state index contributed by atoms with van der Waals surface area (Å²) >= 11 is 1.77. The largest absolute Gasteiger partial charge is 0.489 e. The zero-order valence-corrected chi connectivity index (χ0v) is 21.1. The second kappa shape index (κ2) is 12.6. The van der Waals surface area contributed by atoms with Crippen LogP contribution in [0.3, 0.4) is 0 Å². The lowest BCUT2D eigenvalue weighted by Crippen LogP contribution is -2.32. The van der Waals surface area contributed by atoms with Crippen LogP contribution in [-0.2, 0) is 24.5 Å².